The monoisotopic (exact) mass is 232 g/mol. The Balaban J connectivity index is 3.46. The highest BCUT2D eigenvalue weighted by Crippen LogP contribution is 2.43. The summed E-state index contributed by atoms with van der Waals surface area (Å²) in [5, 5.41) is -4.44. The highest BCUT2D eigenvalue weighted by Gasteiger charge is 2.56. The maximum atomic E-state index is 13.2. The van der Waals surface area contributed by atoms with E-state index in [0.29, 0.717) is 0 Å². The maximum absolute atomic E-state index is 13.2. The minimum atomic E-state index is -5.74. The maximum Gasteiger partial charge on any atom is 0.338 e. The van der Waals surface area contributed by atoms with Crippen molar-refractivity contribution in [2.45, 2.75) is 11.4 Å². The first kappa shape index (κ1) is 11.2. The van der Waals surface area contributed by atoms with Crippen LogP contribution >= 0.6 is 0 Å². The Morgan fingerprint density at radius 2 is 1.86 bits per heavy atom. The van der Waals surface area contributed by atoms with Crippen molar-refractivity contribution in [3.05, 3.63) is 23.6 Å². The van der Waals surface area contributed by atoms with Crippen LogP contribution in [0.25, 0.3) is 0 Å². The molecule has 0 aromatic rings. The average molecular weight is 232 g/mol. The molecule has 0 bridgehead atoms. The van der Waals surface area contributed by atoms with E-state index in [9.17, 15) is 26.0 Å². The van der Waals surface area contributed by atoms with E-state index in [-0.39, 0.29) is 6.08 Å². The molecule has 0 fully saturated rings. The van der Waals surface area contributed by atoms with E-state index in [1.165, 1.54) is 0 Å². The molecule has 0 aliphatic heterocycles. The fraction of sp³-hybridized carbons (Fsp3) is 0.333. The third-order valence-electron chi connectivity index (χ3n) is 1.64. The number of allylic oxidation sites excluding steroid dienone is 2. The van der Waals surface area contributed by atoms with Gasteiger partial charge in [-0.2, -0.15) is 8.42 Å². The van der Waals surface area contributed by atoms with Crippen LogP contribution in [0.1, 0.15) is 6.42 Å². The quantitative estimate of drug-likeness (QED) is 0.555. The van der Waals surface area contributed by atoms with Gasteiger partial charge in [-0.25, -0.2) is 17.6 Å². The normalized spacial score (nSPS) is 29.1. The van der Waals surface area contributed by atoms with Crippen molar-refractivity contribution in [3.63, 3.8) is 0 Å². The van der Waals surface area contributed by atoms with Gasteiger partial charge >= 0.3 is 15.1 Å². The molecule has 1 aliphatic carbocycles. The Kier molecular flexibility index (Phi) is 2.44. The van der Waals surface area contributed by atoms with Crippen LogP contribution in [-0.4, -0.2) is 18.0 Å². The first-order valence-electron chi connectivity index (χ1n) is 3.28. The molecule has 0 aromatic carbocycles. The number of rotatable bonds is 1. The Hall–Kier alpha value is -0.890. The van der Waals surface area contributed by atoms with Crippen molar-refractivity contribution in [2.24, 2.45) is 0 Å². The summed E-state index contributed by atoms with van der Waals surface area (Å²) in [6, 6.07) is 0. The summed E-state index contributed by atoms with van der Waals surface area (Å²) in [4.78, 5) is 0. The molecule has 0 saturated carbocycles. The molecule has 0 radical (unpaired) electrons. The van der Waals surface area contributed by atoms with Gasteiger partial charge in [0.05, 0.1) is 0 Å². The average Bonchev–Trinajstić information content (AvgIpc) is 2.06. The van der Waals surface area contributed by atoms with E-state index in [2.05, 4.69) is 0 Å². The summed E-state index contributed by atoms with van der Waals surface area (Å²) in [5.74, 6) is -6.33. The Bertz CT molecular complexity index is 424. The van der Waals surface area contributed by atoms with E-state index in [1.54, 1.807) is 0 Å². The van der Waals surface area contributed by atoms with Gasteiger partial charge in [0.1, 0.15) is 5.83 Å². The van der Waals surface area contributed by atoms with Crippen LogP contribution in [0.5, 0.6) is 0 Å². The summed E-state index contributed by atoms with van der Waals surface area (Å²) < 4.78 is 79.9. The molecule has 0 aromatic heterocycles. The molecule has 0 amide bonds. The minimum absolute atomic E-state index is 0.201. The van der Waals surface area contributed by atoms with Crippen LogP contribution in [0.3, 0.4) is 0 Å². The first-order valence-corrected chi connectivity index (χ1v) is 4.72. The van der Waals surface area contributed by atoms with Gasteiger partial charge in [-0.3, -0.25) is 4.55 Å². The molecule has 0 heterocycles. The number of halogens is 4. The van der Waals surface area contributed by atoms with Crippen molar-refractivity contribution in [1.29, 1.82) is 0 Å². The molecule has 0 spiro atoms. The van der Waals surface area contributed by atoms with Crippen LogP contribution in [0.2, 0.25) is 0 Å². The van der Waals surface area contributed by atoms with Gasteiger partial charge in [0.25, 0.3) is 0 Å². The predicted molar refractivity (Wildman–Crippen MR) is 38.4 cm³/mol. The summed E-state index contributed by atoms with van der Waals surface area (Å²) in [6.07, 6.45) is -0.689. The van der Waals surface area contributed by atoms with Gasteiger partial charge in [0.15, 0.2) is 11.7 Å². The Morgan fingerprint density at radius 1 is 1.36 bits per heavy atom. The molecule has 3 nitrogen and oxygen atoms in total. The molecule has 80 valence electrons. The summed E-state index contributed by atoms with van der Waals surface area (Å²) in [7, 11) is -5.74. The van der Waals surface area contributed by atoms with Crippen LogP contribution in [0.4, 0.5) is 17.6 Å². The molecule has 0 saturated heterocycles. The summed E-state index contributed by atoms with van der Waals surface area (Å²) in [6.45, 7) is 0. The molecule has 1 aliphatic rings. The standard InChI is InChI=1S/C6H4F4O3S/c7-3-1-2-4(8)6(10,5(3)9)14(11,12)13/h2H,1H2,(H,11,12,13). The second kappa shape index (κ2) is 3.06. The molecule has 1 N–H and O–H groups in total. The van der Waals surface area contributed by atoms with Crippen LogP contribution in [0, 0.1) is 0 Å². The molecule has 1 unspecified atom stereocenters. The zero-order chi connectivity index (χ0) is 11.1. The zero-order valence-electron chi connectivity index (χ0n) is 6.47. The van der Waals surface area contributed by atoms with Crippen LogP contribution in [0.15, 0.2) is 23.6 Å². The molecule has 8 heteroatoms. The van der Waals surface area contributed by atoms with Crippen molar-refractivity contribution < 1.29 is 30.5 Å². The van der Waals surface area contributed by atoms with E-state index < -0.39 is 39.0 Å². The highest BCUT2D eigenvalue weighted by atomic mass is 32.2. The van der Waals surface area contributed by atoms with E-state index >= 15 is 0 Å². The fourth-order valence-corrected chi connectivity index (χ4v) is 1.58. The smallest absolute Gasteiger partial charge is 0.282 e. The highest BCUT2D eigenvalue weighted by molar-refractivity contribution is 7.87. The minimum Gasteiger partial charge on any atom is -0.282 e. The molecule has 1 atom stereocenters. The number of hydrogen-bond donors (Lipinski definition) is 1. The lowest BCUT2D eigenvalue weighted by Gasteiger charge is -2.21. The lowest BCUT2D eigenvalue weighted by atomic mass is 10.1. The summed E-state index contributed by atoms with van der Waals surface area (Å²) in [5.41, 5.74) is 0. The zero-order valence-corrected chi connectivity index (χ0v) is 7.28. The van der Waals surface area contributed by atoms with E-state index in [4.69, 9.17) is 4.55 Å². The Labute approximate surface area is 76.5 Å². The van der Waals surface area contributed by atoms with Crippen molar-refractivity contribution in [1.82, 2.24) is 0 Å². The summed E-state index contributed by atoms with van der Waals surface area (Å²) >= 11 is 0. The second-order valence-electron chi connectivity index (χ2n) is 2.55. The largest absolute Gasteiger partial charge is 0.338 e. The van der Waals surface area contributed by atoms with Crippen molar-refractivity contribution in [3.8, 4) is 0 Å². The van der Waals surface area contributed by atoms with Crippen molar-refractivity contribution >= 4 is 10.1 Å². The number of alkyl halides is 1. The molecule has 1 rings (SSSR count). The SMILES string of the molecule is O=S(=O)(O)C1(F)C(F)=CCC(F)=C1F. The van der Waals surface area contributed by atoms with Gasteiger partial charge in [0.2, 0.25) is 0 Å². The third-order valence-corrected chi connectivity index (χ3v) is 2.73. The topological polar surface area (TPSA) is 54.4 Å². The lowest BCUT2D eigenvalue weighted by molar-refractivity contribution is 0.232. The lowest BCUT2D eigenvalue weighted by Crippen LogP contribution is -2.37. The van der Waals surface area contributed by atoms with Gasteiger partial charge in [-0.15, -0.1) is 0 Å². The molecular formula is C6H4F4O3S. The van der Waals surface area contributed by atoms with Gasteiger partial charge in [-0.05, 0) is 6.08 Å². The van der Waals surface area contributed by atoms with Crippen LogP contribution in [-0.2, 0) is 10.1 Å². The number of hydrogen-bond acceptors (Lipinski definition) is 2. The molecular weight excluding hydrogens is 228 g/mol. The van der Waals surface area contributed by atoms with Crippen LogP contribution < -0.4 is 0 Å². The van der Waals surface area contributed by atoms with Gasteiger partial charge in [0, 0.05) is 6.42 Å². The third kappa shape index (κ3) is 1.34. The fourth-order valence-electron chi connectivity index (χ4n) is 0.916. The van der Waals surface area contributed by atoms with Gasteiger partial charge in [-0.1, -0.05) is 0 Å². The van der Waals surface area contributed by atoms with Gasteiger partial charge < -0.3 is 0 Å². The van der Waals surface area contributed by atoms with Crippen molar-refractivity contribution in [2.75, 3.05) is 0 Å². The van der Waals surface area contributed by atoms with E-state index in [1.807, 2.05) is 0 Å². The first-order chi connectivity index (χ1) is 6.21. The van der Waals surface area contributed by atoms with E-state index in [0.717, 1.165) is 0 Å². The predicted octanol–water partition coefficient (Wildman–Crippen LogP) is 1.95. The Morgan fingerprint density at radius 3 is 2.21 bits per heavy atom. The molecule has 14 heavy (non-hydrogen) atoms. The second-order valence-corrected chi connectivity index (χ2v) is 4.06.